The molecule has 1 saturated heterocycles. The number of likely N-dealkylation sites (tertiary alicyclic amines) is 1. The molecule has 0 radical (unpaired) electrons. The van der Waals surface area contributed by atoms with E-state index < -0.39 is 0 Å². The first-order valence-corrected chi connectivity index (χ1v) is 8.61. The van der Waals surface area contributed by atoms with Crippen molar-refractivity contribution in [3.8, 4) is 5.69 Å². The summed E-state index contributed by atoms with van der Waals surface area (Å²) in [7, 11) is 0. The fourth-order valence-corrected chi connectivity index (χ4v) is 2.96. The third kappa shape index (κ3) is 4.64. The normalized spacial score (nSPS) is 16.1. The first-order valence-electron chi connectivity index (χ1n) is 8.61. The van der Waals surface area contributed by atoms with Crippen LogP contribution >= 0.6 is 0 Å². The molecule has 0 atom stereocenters. The molecule has 0 aliphatic carbocycles. The summed E-state index contributed by atoms with van der Waals surface area (Å²) < 4.78 is 15.1. The molecule has 2 aromatic rings. The van der Waals surface area contributed by atoms with Crippen LogP contribution in [0.2, 0.25) is 0 Å². The molecule has 0 unspecified atom stereocenters. The second-order valence-corrected chi connectivity index (χ2v) is 6.31. The van der Waals surface area contributed by atoms with Gasteiger partial charge in [0, 0.05) is 25.8 Å². The molecule has 1 amide bonds. The van der Waals surface area contributed by atoms with Crippen molar-refractivity contribution < 1.29 is 14.3 Å². The number of halogens is 1. The molecule has 0 bridgehead atoms. The average Bonchev–Trinajstić information content (AvgIpc) is 3.10. The summed E-state index contributed by atoms with van der Waals surface area (Å²) in [6.45, 7) is 3.29. The van der Waals surface area contributed by atoms with Gasteiger partial charge in [-0.15, -0.1) is 0 Å². The van der Waals surface area contributed by atoms with Crippen molar-refractivity contribution in [1.29, 1.82) is 0 Å². The van der Waals surface area contributed by atoms with Crippen molar-refractivity contribution in [3.05, 3.63) is 48.0 Å². The number of para-hydroxylation sites is 1. The zero-order chi connectivity index (χ0) is 17.6. The van der Waals surface area contributed by atoms with Crippen molar-refractivity contribution in [2.24, 2.45) is 0 Å². The van der Waals surface area contributed by atoms with Crippen molar-refractivity contribution in [2.45, 2.75) is 25.4 Å². The number of carbonyl (C=O) groups excluding carboxylic acids is 1. The van der Waals surface area contributed by atoms with Gasteiger partial charge in [0.1, 0.15) is 11.5 Å². The van der Waals surface area contributed by atoms with Crippen LogP contribution in [0.25, 0.3) is 5.69 Å². The second-order valence-electron chi connectivity index (χ2n) is 6.31. The van der Waals surface area contributed by atoms with Gasteiger partial charge in [-0.25, -0.2) is 9.07 Å². The summed E-state index contributed by atoms with van der Waals surface area (Å²) >= 11 is 0. The highest BCUT2D eigenvalue weighted by molar-refractivity contribution is 5.93. The van der Waals surface area contributed by atoms with Crippen LogP contribution in [0, 0.1) is 5.82 Å². The first-order chi connectivity index (χ1) is 12.1. The number of benzene rings is 1. The monoisotopic (exact) mass is 346 g/mol. The van der Waals surface area contributed by atoms with Gasteiger partial charge >= 0.3 is 0 Å². The third-order valence-electron chi connectivity index (χ3n) is 4.44. The third-order valence-corrected chi connectivity index (χ3v) is 4.44. The Kier molecular flexibility index (Phi) is 5.78. The van der Waals surface area contributed by atoms with Gasteiger partial charge in [0.25, 0.3) is 5.91 Å². The minimum atomic E-state index is -0.385. The minimum absolute atomic E-state index is 0.165. The Morgan fingerprint density at radius 1 is 1.32 bits per heavy atom. The Hall–Kier alpha value is -2.25. The molecule has 6 nitrogen and oxygen atoms in total. The number of amides is 1. The number of nitrogens with zero attached hydrogens (tertiary/aromatic N) is 3. The fourth-order valence-electron chi connectivity index (χ4n) is 2.96. The average molecular weight is 346 g/mol. The maximum atomic E-state index is 13.8. The van der Waals surface area contributed by atoms with Crippen molar-refractivity contribution in [2.75, 3.05) is 26.2 Å². The summed E-state index contributed by atoms with van der Waals surface area (Å²) in [5.41, 5.74) is 0.721. The highest BCUT2D eigenvalue weighted by Gasteiger charge is 2.16. The van der Waals surface area contributed by atoms with E-state index in [1.807, 2.05) is 0 Å². The molecule has 0 spiro atoms. The van der Waals surface area contributed by atoms with Crippen LogP contribution in [0.5, 0.6) is 0 Å². The molecule has 3 rings (SSSR count). The second kappa shape index (κ2) is 8.22. The van der Waals surface area contributed by atoms with Gasteiger partial charge < -0.3 is 15.3 Å². The van der Waals surface area contributed by atoms with Crippen LogP contribution in [0.3, 0.4) is 0 Å². The molecule has 2 N–H and O–H groups in total. The van der Waals surface area contributed by atoms with Crippen molar-refractivity contribution in [3.63, 3.8) is 0 Å². The van der Waals surface area contributed by atoms with Crippen LogP contribution in [0.4, 0.5) is 4.39 Å². The Bertz CT molecular complexity index is 711. The smallest absolute Gasteiger partial charge is 0.254 e. The molecule has 2 heterocycles. The van der Waals surface area contributed by atoms with Crippen LogP contribution in [-0.4, -0.2) is 58.0 Å². The topological polar surface area (TPSA) is 70.4 Å². The molecule has 134 valence electrons. The largest absolute Gasteiger partial charge is 0.393 e. The molecule has 1 aromatic carbocycles. The summed E-state index contributed by atoms with van der Waals surface area (Å²) in [6, 6.07) is 6.30. The summed E-state index contributed by atoms with van der Waals surface area (Å²) in [6.07, 6.45) is 5.29. The predicted octanol–water partition coefficient (Wildman–Crippen LogP) is 1.59. The quantitative estimate of drug-likeness (QED) is 0.780. The van der Waals surface area contributed by atoms with E-state index in [4.69, 9.17) is 0 Å². The minimum Gasteiger partial charge on any atom is -0.393 e. The highest BCUT2D eigenvalue weighted by atomic mass is 19.1. The van der Waals surface area contributed by atoms with Gasteiger partial charge in [0.05, 0.1) is 17.9 Å². The van der Waals surface area contributed by atoms with Gasteiger partial charge in [-0.3, -0.25) is 4.79 Å². The van der Waals surface area contributed by atoms with Gasteiger partial charge in [0.15, 0.2) is 0 Å². The van der Waals surface area contributed by atoms with Gasteiger partial charge in [-0.2, -0.15) is 5.10 Å². The Morgan fingerprint density at radius 3 is 2.84 bits per heavy atom. The molecular formula is C18H23FN4O2. The number of hydrogen-bond donors (Lipinski definition) is 2. The lowest BCUT2D eigenvalue weighted by molar-refractivity contribution is 0.0816. The Balaban J connectivity index is 1.45. The van der Waals surface area contributed by atoms with Gasteiger partial charge in [-0.05, 0) is 37.9 Å². The van der Waals surface area contributed by atoms with E-state index in [1.165, 1.54) is 23.1 Å². The number of aromatic nitrogens is 2. The Morgan fingerprint density at radius 2 is 2.08 bits per heavy atom. The first kappa shape index (κ1) is 17.6. The van der Waals surface area contributed by atoms with Gasteiger partial charge in [0.2, 0.25) is 0 Å². The van der Waals surface area contributed by atoms with Crippen molar-refractivity contribution >= 4 is 5.91 Å². The number of nitrogens with one attached hydrogen (secondary N) is 1. The van der Waals surface area contributed by atoms with E-state index in [-0.39, 0.29) is 17.8 Å². The number of aliphatic hydroxyl groups is 1. The lowest BCUT2D eigenvalue weighted by atomic mass is 10.1. The standard InChI is InChI=1S/C18H23FN4O2/c19-16-4-1-2-5-17(16)23-13-14(12-21-23)18(25)20-8-3-9-22-10-6-15(24)7-11-22/h1-2,4-5,12-13,15,24H,3,6-11H2,(H,20,25). The maximum Gasteiger partial charge on any atom is 0.254 e. The predicted molar refractivity (Wildman–Crippen MR) is 92.2 cm³/mol. The summed E-state index contributed by atoms with van der Waals surface area (Å²) in [5.74, 6) is -0.596. The number of aliphatic hydroxyl groups excluding tert-OH is 1. The molecule has 0 saturated carbocycles. The molecular weight excluding hydrogens is 323 g/mol. The SMILES string of the molecule is O=C(NCCCN1CCC(O)CC1)c1cnn(-c2ccccc2F)c1. The molecule has 1 aliphatic heterocycles. The van der Waals surface area contributed by atoms with Gasteiger partial charge in [-0.1, -0.05) is 12.1 Å². The molecule has 25 heavy (non-hydrogen) atoms. The lowest BCUT2D eigenvalue weighted by Crippen LogP contribution is -2.37. The summed E-state index contributed by atoms with van der Waals surface area (Å²) in [5, 5.41) is 16.4. The zero-order valence-corrected chi connectivity index (χ0v) is 14.1. The van der Waals surface area contributed by atoms with E-state index >= 15 is 0 Å². The molecule has 1 aromatic heterocycles. The van der Waals surface area contributed by atoms with E-state index in [0.29, 0.717) is 17.8 Å². The summed E-state index contributed by atoms with van der Waals surface area (Å²) in [4.78, 5) is 14.5. The van der Waals surface area contributed by atoms with Crippen LogP contribution < -0.4 is 5.32 Å². The highest BCUT2D eigenvalue weighted by Crippen LogP contribution is 2.13. The molecule has 1 aliphatic rings. The fraction of sp³-hybridized carbons (Fsp3) is 0.444. The van der Waals surface area contributed by atoms with Crippen molar-refractivity contribution in [1.82, 2.24) is 20.0 Å². The number of piperidine rings is 1. The molecule has 1 fully saturated rings. The number of hydrogen-bond acceptors (Lipinski definition) is 4. The number of carbonyl (C=O) groups is 1. The van der Waals surface area contributed by atoms with Crippen LogP contribution in [0.15, 0.2) is 36.7 Å². The maximum absolute atomic E-state index is 13.8. The molecule has 7 heteroatoms. The Labute approximate surface area is 146 Å². The lowest BCUT2D eigenvalue weighted by Gasteiger charge is -2.29. The zero-order valence-electron chi connectivity index (χ0n) is 14.1. The van der Waals surface area contributed by atoms with Crippen LogP contribution in [-0.2, 0) is 0 Å². The van der Waals surface area contributed by atoms with E-state index in [9.17, 15) is 14.3 Å². The number of rotatable bonds is 6. The van der Waals surface area contributed by atoms with E-state index in [0.717, 1.165) is 38.9 Å². The van der Waals surface area contributed by atoms with E-state index in [1.54, 1.807) is 18.2 Å². The van der Waals surface area contributed by atoms with Crippen LogP contribution in [0.1, 0.15) is 29.6 Å². The van der Waals surface area contributed by atoms with E-state index in [2.05, 4.69) is 15.3 Å².